The number of rotatable bonds is 3. The van der Waals surface area contributed by atoms with Gasteiger partial charge < -0.3 is 0 Å². The molecule has 0 saturated heterocycles. The van der Waals surface area contributed by atoms with Crippen molar-refractivity contribution in [1.29, 1.82) is 0 Å². The maximum Gasteiger partial charge on any atom is 0.0159 e. The molecule has 1 aliphatic rings. The fourth-order valence-electron chi connectivity index (χ4n) is 7.78. The Bertz CT molecular complexity index is 2440. The van der Waals surface area contributed by atoms with E-state index in [0.29, 0.717) is 0 Å². The average molecular weight is 573 g/mol. The van der Waals surface area contributed by atoms with Gasteiger partial charge in [0.15, 0.2) is 0 Å². The second-order valence-electron chi connectivity index (χ2n) is 12.9. The number of fused-ring (bicyclic) bond motifs is 7. The molecule has 0 spiro atoms. The third-order valence-corrected chi connectivity index (χ3v) is 10.1. The lowest BCUT2D eigenvalue weighted by Gasteiger charge is -2.23. The van der Waals surface area contributed by atoms with E-state index >= 15 is 0 Å². The number of hydrogen-bond donors (Lipinski definition) is 0. The highest BCUT2D eigenvalue weighted by Gasteiger charge is 2.36. The van der Waals surface area contributed by atoms with Gasteiger partial charge in [-0.1, -0.05) is 153 Å². The first-order chi connectivity index (χ1) is 22.1. The first-order valence-corrected chi connectivity index (χ1v) is 15.9. The van der Waals surface area contributed by atoms with E-state index in [9.17, 15) is 0 Å². The van der Waals surface area contributed by atoms with Crippen LogP contribution in [0.25, 0.3) is 76.8 Å². The molecular formula is C45H32. The predicted octanol–water partition coefficient (Wildman–Crippen LogP) is 12.5. The summed E-state index contributed by atoms with van der Waals surface area (Å²) >= 11 is 0. The summed E-state index contributed by atoms with van der Waals surface area (Å²) in [6.45, 7) is 4.75. The number of benzene rings is 8. The van der Waals surface area contributed by atoms with E-state index in [2.05, 4.69) is 172 Å². The van der Waals surface area contributed by atoms with Crippen LogP contribution in [0.1, 0.15) is 25.0 Å². The van der Waals surface area contributed by atoms with Crippen LogP contribution in [0.15, 0.2) is 158 Å². The predicted molar refractivity (Wildman–Crippen MR) is 193 cm³/mol. The molecule has 1 aliphatic carbocycles. The third-order valence-electron chi connectivity index (χ3n) is 10.1. The highest BCUT2D eigenvalue weighted by molar-refractivity contribution is 6.17. The maximum atomic E-state index is 2.45. The van der Waals surface area contributed by atoms with Gasteiger partial charge in [0.1, 0.15) is 0 Å². The van der Waals surface area contributed by atoms with Crippen molar-refractivity contribution < 1.29 is 0 Å². The van der Waals surface area contributed by atoms with Gasteiger partial charge in [-0.15, -0.1) is 0 Å². The molecule has 0 aromatic heterocycles. The van der Waals surface area contributed by atoms with Crippen molar-refractivity contribution in [3.8, 4) is 44.5 Å². The SMILES string of the molecule is CC1(C)c2cc(-c3ccccc3)ccc2-c2ccc(-c3ccc(-c4cc5ccccc5c5ccccc45)c4ccccc34)cc21. The molecule has 8 aromatic rings. The van der Waals surface area contributed by atoms with Crippen molar-refractivity contribution in [2.24, 2.45) is 0 Å². The highest BCUT2D eigenvalue weighted by atomic mass is 14.4. The molecule has 0 bridgehead atoms. The molecule has 0 heteroatoms. The molecule has 45 heavy (non-hydrogen) atoms. The molecule has 0 saturated carbocycles. The molecule has 9 rings (SSSR count). The van der Waals surface area contributed by atoms with Crippen LogP contribution in [0.4, 0.5) is 0 Å². The molecule has 0 nitrogen and oxygen atoms in total. The van der Waals surface area contributed by atoms with Crippen LogP contribution >= 0.6 is 0 Å². The van der Waals surface area contributed by atoms with Crippen LogP contribution in [0.2, 0.25) is 0 Å². The Morgan fingerprint density at radius 3 is 1.51 bits per heavy atom. The second-order valence-corrected chi connectivity index (χ2v) is 12.9. The van der Waals surface area contributed by atoms with E-state index in [1.807, 2.05) is 0 Å². The molecule has 0 amide bonds. The van der Waals surface area contributed by atoms with Gasteiger partial charge in [-0.05, 0) is 106 Å². The highest BCUT2D eigenvalue weighted by Crippen LogP contribution is 2.51. The van der Waals surface area contributed by atoms with E-state index < -0.39 is 0 Å². The monoisotopic (exact) mass is 572 g/mol. The first-order valence-electron chi connectivity index (χ1n) is 15.9. The van der Waals surface area contributed by atoms with Crippen LogP contribution < -0.4 is 0 Å². The lowest BCUT2D eigenvalue weighted by molar-refractivity contribution is 0.661. The summed E-state index contributed by atoms with van der Waals surface area (Å²) in [5, 5.41) is 7.74. The maximum absolute atomic E-state index is 2.45. The lowest BCUT2D eigenvalue weighted by Crippen LogP contribution is -2.15. The van der Waals surface area contributed by atoms with Gasteiger partial charge >= 0.3 is 0 Å². The molecule has 0 fully saturated rings. The van der Waals surface area contributed by atoms with Crippen LogP contribution in [0.3, 0.4) is 0 Å². The molecule has 0 heterocycles. The van der Waals surface area contributed by atoms with E-state index in [1.165, 1.54) is 88.0 Å². The molecular weight excluding hydrogens is 540 g/mol. The zero-order valence-corrected chi connectivity index (χ0v) is 25.5. The fraction of sp³-hybridized carbons (Fsp3) is 0.0667. The Morgan fingerprint density at radius 2 is 0.800 bits per heavy atom. The van der Waals surface area contributed by atoms with Crippen molar-refractivity contribution in [1.82, 2.24) is 0 Å². The molecule has 0 atom stereocenters. The Hall–Kier alpha value is -5.46. The van der Waals surface area contributed by atoms with E-state index in [1.54, 1.807) is 0 Å². The van der Waals surface area contributed by atoms with Crippen LogP contribution in [0.5, 0.6) is 0 Å². The molecule has 8 aromatic carbocycles. The van der Waals surface area contributed by atoms with E-state index in [4.69, 9.17) is 0 Å². The Kier molecular flexibility index (Phi) is 5.64. The van der Waals surface area contributed by atoms with Gasteiger partial charge in [0.25, 0.3) is 0 Å². The Labute approximate surface area is 264 Å². The summed E-state index contributed by atoms with van der Waals surface area (Å²) in [4.78, 5) is 0. The topological polar surface area (TPSA) is 0 Å². The summed E-state index contributed by atoms with van der Waals surface area (Å²) in [6.07, 6.45) is 0. The van der Waals surface area contributed by atoms with Gasteiger partial charge in [0, 0.05) is 5.41 Å². The fourth-order valence-corrected chi connectivity index (χ4v) is 7.78. The van der Waals surface area contributed by atoms with Gasteiger partial charge in [0.05, 0.1) is 0 Å². The van der Waals surface area contributed by atoms with Crippen molar-refractivity contribution in [3.05, 3.63) is 169 Å². The van der Waals surface area contributed by atoms with Gasteiger partial charge in [-0.3, -0.25) is 0 Å². The lowest BCUT2D eigenvalue weighted by atomic mass is 9.80. The Morgan fingerprint density at radius 1 is 0.311 bits per heavy atom. The quantitative estimate of drug-likeness (QED) is 0.185. The summed E-state index contributed by atoms with van der Waals surface area (Å²) in [5.41, 5.74) is 13.1. The smallest absolute Gasteiger partial charge is 0.0159 e. The van der Waals surface area contributed by atoms with Gasteiger partial charge in [-0.25, -0.2) is 0 Å². The molecule has 0 unspecified atom stereocenters. The molecule has 212 valence electrons. The average Bonchev–Trinajstić information content (AvgIpc) is 3.33. The largest absolute Gasteiger partial charge is 0.0622 e. The van der Waals surface area contributed by atoms with Gasteiger partial charge in [-0.2, -0.15) is 0 Å². The molecule has 0 radical (unpaired) electrons. The minimum Gasteiger partial charge on any atom is -0.0622 e. The zero-order valence-electron chi connectivity index (χ0n) is 25.5. The zero-order chi connectivity index (χ0) is 30.1. The minimum absolute atomic E-state index is 0.0920. The number of hydrogen-bond acceptors (Lipinski definition) is 0. The molecule has 0 aliphatic heterocycles. The summed E-state index contributed by atoms with van der Waals surface area (Å²) in [6, 6.07) is 58.4. The van der Waals surface area contributed by atoms with Crippen LogP contribution in [-0.2, 0) is 5.41 Å². The van der Waals surface area contributed by atoms with Crippen molar-refractivity contribution in [2.75, 3.05) is 0 Å². The summed E-state index contributed by atoms with van der Waals surface area (Å²) in [7, 11) is 0. The van der Waals surface area contributed by atoms with Crippen LogP contribution in [0, 0.1) is 0 Å². The van der Waals surface area contributed by atoms with E-state index in [0.717, 1.165) is 0 Å². The summed E-state index contributed by atoms with van der Waals surface area (Å²) in [5.74, 6) is 0. The first kappa shape index (κ1) is 26.0. The Balaban J connectivity index is 1.20. The standard InChI is InChI=1S/C45H32/c1-45(2)43-27-30(29-12-4-3-5-13-29)20-22-40(43)41-23-21-32(28-44(41)45)34-24-25-39(37-18-10-8-17-36(34)37)42-26-31-14-6-7-15-33(31)35-16-9-11-19-38(35)42/h3-28H,1-2H3. The van der Waals surface area contributed by atoms with Crippen molar-refractivity contribution in [3.63, 3.8) is 0 Å². The van der Waals surface area contributed by atoms with E-state index in [-0.39, 0.29) is 5.41 Å². The van der Waals surface area contributed by atoms with Crippen molar-refractivity contribution in [2.45, 2.75) is 19.3 Å². The normalized spacial score (nSPS) is 13.3. The summed E-state index contributed by atoms with van der Waals surface area (Å²) < 4.78 is 0. The van der Waals surface area contributed by atoms with Crippen molar-refractivity contribution >= 4 is 32.3 Å². The minimum atomic E-state index is -0.0920. The second kappa shape index (κ2) is 9.78. The van der Waals surface area contributed by atoms with Crippen LogP contribution in [-0.4, -0.2) is 0 Å². The van der Waals surface area contributed by atoms with Gasteiger partial charge in [0.2, 0.25) is 0 Å². The molecule has 0 N–H and O–H groups in total. The third kappa shape index (κ3) is 3.92.